The van der Waals surface area contributed by atoms with E-state index in [1.807, 2.05) is 0 Å². The van der Waals surface area contributed by atoms with Crippen LogP contribution in [-0.2, 0) is 14.3 Å². The normalized spacial score (nSPS) is 30.0. The smallest absolute Gasteiger partial charge is 0.223 e. The molecule has 0 radical (unpaired) electrons. The predicted molar refractivity (Wildman–Crippen MR) is 80.7 cm³/mol. The van der Waals surface area contributed by atoms with Gasteiger partial charge in [0.2, 0.25) is 11.8 Å². The number of amides is 2. The number of nitrogens with one attached hydrogen (secondary N) is 1. The summed E-state index contributed by atoms with van der Waals surface area (Å²) in [7, 11) is 0. The first kappa shape index (κ1) is 16.3. The molecule has 3 atom stereocenters. The van der Waals surface area contributed by atoms with Crippen LogP contribution in [0, 0.1) is 11.8 Å². The summed E-state index contributed by atoms with van der Waals surface area (Å²) in [5.41, 5.74) is 0. The van der Waals surface area contributed by atoms with Gasteiger partial charge in [-0.2, -0.15) is 0 Å². The van der Waals surface area contributed by atoms with Crippen LogP contribution in [0.4, 0.5) is 0 Å². The Morgan fingerprint density at radius 3 is 2.57 bits per heavy atom. The third-order valence-corrected chi connectivity index (χ3v) is 4.98. The van der Waals surface area contributed by atoms with Crippen LogP contribution < -0.4 is 5.32 Å². The van der Waals surface area contributed by atoms with E-state index in [2.05, 4.69) is 19.2 Å². The van der Waals surface area contributed by atoms with Gasteiger partial charge in [0.05, 0.1) is 13.2 Å². The SMILES string of the molecule is C[C@@H]1[C@H](C)CCC[C@H]1NC(=O)CCC(=O)N1CCOCC1. The molecule has 0 unspecified atom stereocenters. The lowest BCUT2D eigenvalue weighted by Crippen LogP contribution is -2.44. The first-order chi connectivity index (χ1) is 10.1. The quantitative estimate of drug-likeness (QED) is 0.856. The first-order valence-corrected chi connectivity index (χ1v) is 8.23. The van der Waals surface area contributed by atoms with Crippen LogP contribution in [0.3, 0.4) is 0 Å². The van der Waals surface area contributed by atoms with Crippen molar-refractivity contribution >= 4 is 11.8 Å². The fraction of sp³-hybridized carbons (Fsp3) is 0.875. The second-order valence-electron chi connectivity index (χ2n) is 6.43. The zero-order valence-electron chi connectivity index (χ0n) is 13.3. The third kappa shape index (κ3) is 4.70. The Labute approximate surface area is 127 Å². The maximum absolute atomic E-state index is 12.0. The molecule has 1 saturated heterocycles. The second kappa shape index (κ2) is 7.78. The average molecular weight is 296 g/mol. The summed E-state index contributed by atoms with van der Waals surface area (Å²) in [6.45, 7) is 6.98. The monoisotopic (exact) mass is 296 g/mol. The number of morpholine rings is 1. The molecule has 1 saturated carbocycles. The molecule has 0 aromatic heterocycles. The summed E-state index contributed by atoms with van der Waals surface area (Å²) < 4.78 is 5.22. The molecule has 21 heavy (non-hydrogen) atoms. The molecule has 5 nitrogen and oxygen atoms in total. The van der Waals surface area contributed by atoms with Crippen molar-refractivity contribution in [3.63, 3.8) is 0 Å². The van der Waals surface area contributed by atoms with E-state index in [4.69, 9.17) is 4.74 Å². The van der Waals surface area contributed by atoms with E-state index in [0.717, 1.165) is 6.42 Å². The van der Waals surface area contributed by atoms with Crippen molar-refractivity contribution in [2.45, 2.75) is 52.0 Å². The maximum Gasteiger partial charge on any atom is 0.223 e. The molecule has 2 rings (SSSR count). The lowest BCUT2D eigenvalue weighted by molar-refractivity contribution is -0.137. The van der Waals surface area contributed by atoms with Gasteiger partial charge in [0.15, 0.2) is 0 Å². The Balaban J connectivity index is 1.70. The number of nitrogens with zero attached hydrogens (tertiary/aromatic N) is 1. The number of hydrogen-bond acceptors (Lipinski definition) is 3. The van der Waals surface area contributed by atoms with E-state index in [0.29, 0.717) is 51.0 Å². The molecule has 0 aromatic rings. The summed E-state index contributed by atoms with van der Waals surface area (Å²) >= 11 is 0. The van der Waals surface area contributed by atoms with Crippen LogP contribution in [0.15, 0.2) is 0 Å². The first-order valence-electron chi connectivity index (χ1n) is 8.23. The summed E-state index contributed by atoms with van der Waals surface area (Å²) in [6, 6.07) is 0.278. The Morgan fingerprint density at radius 2 is 1.86 bits per heavy atom. The van der Waals surface area contributed by atoms with Crippen molar-refractivity contribution in [3.8, 4) is 0 Å². The summed E-state index contributed by atoms with van der Waals surface area (Å²) in [6.07, 6.45) is 4.11. The third-order valence-electron chi connectivity index (χ3n) is 4.98. The van der Waals surface area contributed by atoms with Gasteiger partial charge in [-0.25, -0.2) is 0 Å². The Kier molecular flexibility index (Phi) is 6.03. The van der Waals surface area contributed by atoms with Crippen LogP contribution in [-0.4, -0.2) is 49.1 Å². The van der Waals surface area contributed by atoms with Gasteiger partial charge in [0.25, 0.3) is 0 Å². The van der Waals surface area contributed by atoms with E-state index in [1.165, 1.54) is 12.8 Å². The number of carbonyl (C=O) groups excluding carboxylic acids is 2. The van der Waals surface area contributed by atoms with Gasteiger partial charge < -0.3 is 15.0 Å². The maximum atomic E-state index is 12.0. The van der Waals surface area contributed by atoms with Crippen molar-refractivity contribution in [2.24, 2.45) is 11.8 Å². The minimum absolute atomic E-state index is 0.0163. The molecule has 2 aliphatic rings. The van der Waals surface area contributed by atoms with Crippen LogP contribution in [0.5, 0.6) is 0 Å². The van der Waals surface area contributed by atoms with Gasteiger partial charge in [-0.3, -0.25) is 9.59 Å². The highest BCUT2D eigenvalue weighted by molar-refractivity contribution is 5.84. The van der Waals surface area contributed by atoms with Crippen molar-refractivity contribution in [1.29, 1.82) is 0 Å². The van der Waals surface area contributed by atoms with Gasteiger partial charge in [-0.05, 0) is 18.3 Å². The van der Waals surface area contributed by atoms with Gasteiger partial charge in [-0.15, -0.1) is 0 Å². The van der Waals surface area contributed by atoms with Crippen molar-refractivity contribution in [1.82, 2.24) is 10.2 Å². The Morgan fingerprint density at radius 1 is 1.14 bits per heavy atom. The topological polar surface area (TPSA) is 58.6 Å². The van der Waals surface area contributed by atoms with Gasteiger partial charge in [0, 0.05) is 32.0 Å². The number of hydrogen-bond donors (Lipinski definition) is 1. The molecular formula is C16H28N2O3. The predicted octanol–water partition coefficient (Wildman–Crippen LogP) is 1.57. The lowest BCUT2D eigenvalue weighted by Gasteiger charge is -2.34. The van der Waals surface area contributed by atoms with Crippen molar-refractivity contribution in [2.75, 3.05) is 26.3 Å². The average Bonchev–Trinajstić information content (AvgIpc) is 2.50. The van der Waals surface area contributed by atoms with Gasteiger partial charge >= 0.3 is 0 Å². The summed E-state index contributed by atoms with van der Waals surface area (Å²) in [5.74, 6) is 1.28. The molecular weight excluding hydrogens is 268 g/mol. The van der Waals surface area contributed by atoms with E-state index in [1.54, 1.807) is 4.90 Å². The molecule has 1 aliphatic carbocycles. The minimum atomic E-state index is 0.0163. The standard InChI is InChI=1S/C16H28N2O3/c1-12-4-3-5-14(13(12)2)17-15(19)6-7-16(20)18-8-10-21-11-9-18/h12-14H,3-11H2,1-2H3,(H,17,19)/t12-,13-,14-/m1/s1. The largest absolute Gasteiger partial charge is 0.378 e. The van der Waals surface area contributed by atoms with E-state index < -0.39 is 0 Å². The zero-order valence-corrected chi connectivity index (χ0v) is 13.3. The van der Waals surface area contributed by atoms with E-state index >= 15 is 0 Å². The Bertz CT molecular complexity index is 367. The number of carbonyl (C=O) groups is 2. The fourth-order valence-corrected chi connectivity index (χ4v) is 3.26. The van der Waals surface area contributed by atoms with Crippen molar-refractivity contribution in [3.05, 3.63) is 0 Å². The summed E-state index contributed by atoms with van der Waals surface area (Å²) in [4.78, 5) is 25.8. The van der Waals surface area contributed by atoms with Crippen LogP contribution in [0.1, 0.15) is 46.0 Å². The molecule has 120 valence electrons. The van der Waals surface area contributed by atoms with E-state index in [9.17, 15) is 9.59 Å². The molecule has 0 aromatic carbocycles. The number of ether oxygens (including phenoxy) is 1. The van der Waals surface area contributed by atoms with Crippen molar-refractivity contribution < 1.29 is 14.3 Å². The highest BCUT2D eigenvalue weighted by Crippen LogP contribution is 2.29. The molecule has 1 aliphatic heterocycles. The molecule has 2 fully saturated rings. The van der Waals surface area contributed by atoms with Gasteiger partial charge in [0.1, 0.15) is 0 Å². The molecule has 0 spiro atoms. The summed E-state index contributed by atoms with van der Waals surface area (Å²) in [5, 5.41) is 3.12. The highest BCUT2D eigenvalue weighted by Gasteiger charge is 2.28. The Hall–Kier alpha value is -1.10. The molecule has 5 heteroatoms. The van der Waals surface area contributed by atoms with Gasteiger partial charge in [-0.1, -0.05) is 26.7 Å². The highest BCUT2D eigenvalue weighted by atomic mass is 16.5. The number of rotatable bonds is 4. The lowest BCUT2D eigenvalue weighted by atomic mass is 9.78. The second-order valence-corrected chi connectivity index (χ2v) is 6.43. The minimum Gasteiger partial charge on any atom is -0.378 e. The van der Waals surface area contributed by atoms with Crippen LogP contribution in [0.2, 0.25) is 0 Å². The molecule has 2 amide bonds. The molecule has 1 N–H and O–H groups in total. The molecule has 1 heterocycles. The zero-order chi connectivity index (χ0) is 15.2. The fourth-order valence-electron chi connectivity index (χ4n) is 3.26. The molecule has 0 bridgehead atoms. The van der Waals surface area contributed by atoms with Crippen LogP contribution >= 0.6 is 0 Å². The van der Waals surface area contributed by atoms with Crippen LogP contribution in [0.25, 0.3) is 0 Å². The van der Waals surface area contributed by atoms with E-state index in [-0.39, 0.29) is 17.9 Å².